The van der Waals surface area contributed by atoms with Gasteiger partial charge in [0.2, 0.25) is 5.91 Å². The number of anilines is 1. The topological polar surface area (TPSA) is 66.4 Å². The number of amides is 1. The van der Waals surface area contributed by atoms with E-state index in [0.717, 1.165) is 23.2 Å². The highest BCUT2D eigenvalue weighted by Gasteiger charge is 2.39. The molecular formula is C19H19NO3. The fraction of sp³-hybridized carbons (Fsp3) is 0.263. The smallest absolute Gasteiger partial charge is 0.335 e. The first-order valence-electron chi connectivity index (χ1n) is 7.76. The molecule has 1 amide bonds. The molecule has 1 saturated carbocycles. The van der Waals surface area contributed by atoms with Crippen molar-refractivity contribution in [2.24, 2.45) is 11.8 Å². The lowest BCUT2D eigenvalue weighted by Gasteiger charge is -2.12. The van der Waals surface area contributed by atoms with E-state index in [-0.39, 0.29) is 11.8 Å². The second kappa shape index (κ2) is 6.24. The minimum Gasteiger partial charge on any atom is -0.478 e. The third-order valence-corrected chi connectivity index (χ3v) is 4.35. The van der Waals surface area contributed by atoms with E-state index >= 15 is 0 Å². The van der Waals surface area contributed by atoms with Crippen LogP contribution in [0.5, 0.6) is 0 Å². The summed E-state index contributed by atoms with van der Waals surface area (Å²) < 4.78 is 0. The van der Waals surface area contributed by atoms with Crippen molar-refractivity contribution in [3.63, 3.8) is 0 Å². The highest BCUT2D eigenvalue weighted by molar-refractivity contribution is 5.95. The number of hydrogen-bond donors (Lipinski definition) is 2. The Kier molecular flexibility index (Phi) is 4.15. The summed E-state index contributed by atoms with van der Waals surface area (Å²) in [5.74, 6) is -0.324. The molecule has 0 bridgehead atoms. The molecule has 1 aliphatic carbocycles. The lowest BCUT2D eigenvalue weighted by molar-refractivity contribution is -0.117. The van der Waals surface area contributed by atoms with E-state index in [0.29, 0.717) is 17.9 Å². The Morgan fingerprint density at radius 2 is 1.70 bits per heavy atom. The van der Waals surface area contributed by atoms with E-state index in [2.05, 4.69) is 12.2 Å². The molecule has 2 N–H and O–H groups in total. The highest BCUT2D eigenvalue weighted by atomic mass is 16.4. The summed E-state index contributed by atoms with van der Waals surface area (Å²) in [7, 11) is 0. The first-order valence-corrected chi connectivity index (χ1v) is 7.76. The molecule has 118 valence electrons. The van der Waals surface area contributed by atoms with Crippen molar-refractivity contribution in [1.29, 1.82) is 0 Å². The fourth-order valence-electron chi connectivity index (χ4n) is 2.80. The van der Waals surface area contributed by atoms with Gasteiger partial charge in [0, 0.05) is 18.0 Å². The van der Waals surface area contributed by atoms with Gasteiger partial charge < -0.3 is 10.4 Å². The summed E-state index contributed by atoms with van der Waals surface area (Å²) in [6, 6.07) is 14.5. The zero-order chi connectivity index (χ0) is 16.4. The minimum absolute atomic E-state index is 0.0523. The molecule has 0 aromatic heterocycles. The molecule has 0 saturated heterocycles. The van der Waals surface area contributed by atoms with Gasteiger partial charge in [-0.2, -0.15) is 0 Å². The molecule has 4 nitrogen and oxygen atoms in total. The molecule has 3 rings (SSSR count). The van der Waals surface area contributed by atoms with E-state index in [1.165, 1.54) is 0 Å². The van der Waals surface area contributed by atoms with Crippen molar-refractivity contribution in [2.75, 3.05) is 5.32 Å². The van der Waals surface area contributed by atoms with Crippen LogP contribution in [-0.2, 0) is 11.2 Å². The number of aromatic carboxylic acids is 1. The van der Waals surface area contributed by atoms with Crippen molar-refractivity contribution in [2.45, 2.75) is 19.8 Å². The van der Waals surface area contributed by atoms with Crippen LogP contribution in [0.4, 0.5) is 5.69 Å². The predicted octanol–water partition coefficient (Wildman–Crippen LogP) is 3.57. The Morgan fingerprint density at radius 3 is 2.35 bits per heavy atom. The first kappa shape index (κ1) is 15.3. The van der Waals surface area contributed by atoms with Crippen LogP contribution < -0.4 is 5.32 Å². The van der Waals surface area contributed by atoms with Crippen LogP contribution in [0.25, 0.3) is 0 Å². The van der Waals surface area contributed by atoms with Gasteiger partial charge in [-0.1, -0.05) is 43.3 Å². The second-order valence-electron chi connectivity index (χ2n) is 6.10. The first-order chi connectivity index (χ1) is 11.1. The molecule has 0 unspecified atom stereocenters. The van der Waals surface area contributed by atoms with Crippen molar-refractivity contribution < 1.29 is 14.7 Å². The monoisotopic (exact) mass is 309 g/mol. The summed E-state index contributed by atoms with van der Waals surface area (Å²) in [4.78, 5) is 23.5. The minimum atomic E-state index is -0.936. The number of carboxylic acid groups (broad SMARTS) is 1. The Balaban J connectivity index is 1.84. The predicted molar refractivity (Wildman–Crippen MR) is 88.6 cm³/mol. The third-order valence-electron chi connectivity index (χ3n) is 4.35. The number of carbonyl (C=O) groups excluding carboxylic acids is 1. The summed E-state index contributed by atoms with van der Waals surface area (Å²) in [6.45, 7) is 2.07. The maximum Gasteiger partial charge on any atom is 0.335 e. The summed E-state index contributed by atoms with van der Waals surface area (Å²) in [5.41, 5.74) is 2.71. The van der Waals surface area contributed by atoms with E-state index in [9.17, 15) is 14.7 Å². The number of nitrogens with one attached hydrogen (secondary N) is 1. The van der Waals surface area contributed by atoms with E-state index < -0.39 is 5.97 Å². The van der Waals surface area contributed by atoms with Crippen molar-refractivity contribution in [3.8, 4) is 0 Å². The average Bonchev–Trinajstić information content (AvgIpc) is 3.26. The number of carboxylic acids is 1. The van der Waals surface area contributed by atoms with Gasteiger partial charge in [-0.15, -0.1) is 0 Å². The van der Waals surface area contributed by atoms with Gasteiger partial charge in [-0.25, -0.2) is 4.79 Å². The Labute approximate surface area is 135 Å². The molecule has 1 fully saturated rings. The van der Waals surface area contributed by atoms with Gasteiger partial charge in [0.1, 0.15) is 0 Å². The summed E-state index contributed by atoms with van der Waals surface area (Å²) >= 11 is 0. The van der Waals surface area contributed by atoms with Gasteiger partial charge in [0.15, 0.2) is 0 Å². The molecule has 2 atom stereocenters. The van der Waals surface area contributed by atoms with Crippen molar-refractivity contribution in [3.05, 3.63) is 65.2 Å². The maximum absolute atomic E-state index is 12.2. The molecule has 0 radical (unpaired) electrons. The van der Waals surface area contributed by atoms with Crippen LogP contribution in [0, 0.1) is 11.8 Å². The summed E-state index contributed by atoms with van der Waals surface area (Å²) in [6.07, 6.45) is 1.41. The molecule has 2 aromatic rings. The molecule has 0 aliphatic heterocycles. The second-order valence-corrected chi connectivity index (χ2v) is 6.10. The van der Waals surface area contributed by atoms with E-state index in [1.807, 2.05) is 36.4 Å². The van der Waals surface area contributed by atoms with Crippen LogP contribution in [0.1, 0.15) is 34.8 Å². The van der Waals surface area contributed by atoms with Gasteiger partial charge >= 0.3 is 5.97 Å². The zero-order valence-electron chi connectivity index (χ0n) is 13.0. The van der Waals surface area contributed by atoms with E-state index in [1.54, 1.807) is 12.1 Å². The van der Waals surface area contributed by atoms with Gasteiger partial charge in [0.05, 0.1) is 5.56 Å². The zero-order valence-corrected chi connectivity index (χ0v) is 13.0. The van der Waals surface area contributed by atoms with Crippen LogP contribution in [0.3, 0.4) is 0 Å². The molecular weight excluding hydrogens is 290 g/mol. The molecule has 1 aliphatic rings. The van der Waals surface area contributed by atoms with Gasteiger partial charge in [-0.3, -0.25) is 4.79 Å². The Hall–Kier alpha value is -2.62. The normalized spacial score (nSPS) is 19.2. The van der Waals surface area contributed by atoms with Crippen LogP contribution in [-0.4, -0.2) is 17.0 Å². The average molecular weight is 309 g/mol. The lowest BCUT2D eigenvalue weighted by Crippen LogP contribution is -2.16. The number of carbonyl (C=O) groups is 2. The van der Waals surface area contributed by atoms with Gasteiger partial charge in [0.25, 0.3) is 0 Å². The van der Waals surface area contributed by atoms with Crippen LogP contribution in [0.15, 0.2) is 48.5 Å². The Bertz CT molecular complexity index is 754. The molecule has 0 spiro atoms. The Morgan fingerprint density at radius 1 is 1.09 bits per heavy atom. The quantitative estimate of drug-likeness (QED) is 0.887. The molecule has 2 aromatic carbocycles. The highest BCUT2D eigenvalue weighted by Crippen LogP contribution is 2.38. The lowest BCUT2D eigenvalue weighted by atomic mass is 9.98. The van der Waals surface area contributed by atoms with Crippen LogP contribution >= 0.6 is 0 Å². The largest absolute Gasteiger partial charge is 0.478 e. The SMILES string of the molecule is C[C@@H]1C[C@H]1C(=O)Nc1ccccc1Cc1ccccc1C(=O)O. The van der Waals surface area contributed by atoms with Crippen LogP contribution in [0.2, 0.25) is 0 Å². The van der Waals surface area contributed by atoms with Gasteiger partial charge in [-0.05, 0) is 35.6 Å². The number of benzene rings is 2. The molecule has 23 heavy (non-hydrogen) atoms. The van der Waals surface area contributed by atoms with Crippen molar-refractivity contribution in [1.82, 2.24) is 0 Å². The third kappa shape index (κ3) is 3.42. The fourth-order valence-corrected chi connectivity index (χ4v) is 2.80. The maximum atomic E-state index is 12.2. The number of para-hydroxylation sites is 1. The molecule has 4 heteroatoms. The van der Waals surface area contributed by atoms with E-state index in [4.69, 9.17) is 0 Å². The summed E-state index contributed by atoms with van der Waals surface area (Å²) in [5, 5.41) is 12.3. The standard InChI is InChI=1S/C19H19NO3/c1-12-10-16(12)18(21)20-17-9-5-3-7-14(17)11-13-6-2-4-8-15(13)19(22)23/h2-9,12,16H,10-11H2,1H3,(H,20,21)(H,22,23)/t12-,16-/m1/s1. The number of rotatable bonds is 5. The van der Waals surface area contributed by atoms with Crippen molar-refractivity contribution >= 4 is 17.6 Å². The number of hydrogen-bond acceptors (Lipinski definition) is 2. The molecule has 0 heterocycles.